The zero-order valence-corrected chi connectivity index (χ0v) is 20.2. The van der Waals surface area contributed by atoms with Gasteiger partial charge in [0.05, 0.1) is 19.1 Å². The number of benzene rings is 2. The first-order chi connectivity index (χ1) is 15.9. The summed E-state index contributed by atoms with van der Waals surface area (Å²) in [5.74, 6) is 1.31. The first-order valence-corrected chi connectivity index (χ1v) is 13.0. The van der Waals surface area contributed by atoms with Gasteiger partial charge in [-0.2, -0.15) is 0 Å². The molecule has 2 N–H and O–H groups in total. The third-order valence-electron chi connectivity index (χ3n) is 5.99. The van der Waals surface area contributed by atoms with Crippen LogP contribution >= 0.6 is 0 Å². The average Bonchev–Trinajstić information content (AvgIpc) is 2.83. The van der Waals surface area contributed by atoms with Crippen molar-refractivity contribution >= 4 is 15.9 Å². The molecule has 1 amide bonds. The molecule has 1 fully saturated rings. The second-order valence-corrected chi connectivity index (χ2v) is 10.1. The Labute approximate surface area is 196 Å². The van der Waals surface area contributed by atoms with Crippen molar-refractivity contribution in [2.75, 3.05) is 20.8 Å². The highest BCUT2D eigenvalue weighted by molar-refractivity contribution is 7.89. The molecular weight excluding hydrogens is 440 g/mol. The summed E-state index contributed by atoms with van der Waals surface area (Å²) < 4.78 is 38.6. The Kier molecular flexibility index (Phi) is 9.14. The van der Waals surface area contributed by atoms with Gasteiger partial charge >= 0.3 is 0 Å². The minimum absolute atomic E-state index is 0.0334. The first kappa shape index (κ1) is 25.1. The summed E-state index contributed by atoms with van der Waals surface area (Å²) in [6.45, 7) is 0.526. The van der Waals surface area contributed by atoms with E-state index in [1.54, 1.807) is 38.5 Å². The van der Waals surface area contributed by atoms with E-state index in [-0.39, 0.29) is 16.8 Å². The minimum Gasteiger partial charge on any atom is -0.493 e. The Bertz CT molecular complexity index is 1020. The quantitative estimate of drug-likeness (QED) is 0.519. The summed E-state index contributed by atoms with van der Waals surface area (Å²) in [7, 11) is -0.310. The predicted molar refractivity (Wildman–Crippen MR) is 128 cm³/mol. The number of carbonyl (C=O) groups is 1. The third-order valence-corrected chi connectivity index (χ3v) is 7.52. The zero-order chi connectivity index (χ0) is 23.7. The number of methoxy groups -OCH3 is 2. The smallest absolute Gasteiger partial charge is 0.240 e. The van der Waals surface area contributed by atoms with Gasteiger partial charge in [0.1, 0.15) is 0 Å². The van der Waals surface area contributed by atoms with Crippen molar-refractivity contribution in [3.8, 4) is 11.5 Å². The molecule has 0 saturated heterocycles. The van der Waals surface area contributed by atoms with Crippen molar-refractivity contribution in [1.29, 1.82) is 0 Å². The van der Waals surface area contributed by atoms with Gasteiger partial charge < -0.3 is 14.8 Å². The molecule has 0 aromatic heterocycles. The van der Waals surface area contributed by atoms with Gasteiger partial charge in [0.2, 0.25) is 15.9 Å². The molecule has 0 spiro atoms. The molecule has 1 aliphatic carbocycles. The summed E-state index contributed by atoms with van der Waals surface area (Å²) in [5.41, 5.74) is 1.98. The van der Waals surface area contributed by atoms with Crippen LogP contribution in [0.5, 0.6) is 11.5 Å². The fourth-order valence-corrected chi connectivity index (χ4v) is 5.38. The van der Waals surface area contributed by atoms with E-state index >= 15 is 0 Å². The van der Waals surface area contributed by atoms with Gasteiger partial charge in [-0.05, 0) is 61.1 Å². The van der Waals surface area contributed by atoms with Gasteiger partial charge in [-0.1, -0.05) is 37.5 Å². The fourth-order valence-electron chi connectivity index (χ4n) is 4.07. The third kappa shape index (κ3) is 7.47. The van der Waals surface area contributed by atoms with Gasteiger partial charge in [0.15, 0.2) is 11.5 Å². The predicted octanol–water partition coefficient (Wildman–Crippen LogP) is 3.61. The molecule has 0 radical (unpaired) electrons. The van der Waals surface area contributed by atoms with Crippen LogP contribution in [0.1, 0.15) is 49.7 Å². The highest BCUT2D eigenvalue weighted by Gasteiger charge is 2.21. The van der Waals surface area contributed by atoms with E-state index in [1.165, 1.54) is 6.42 Å². The van der Waals surface area contributed by atoms with E-state index in [0.29, 0.717) is 37.3 Å². The van der Waals surface area contributed by atoms with E-state index in [4.69, 9.17) is 9.47 Å². The normalized spacial score (nSPS) is 14.6. The number of aryl methyl sites for hydroxylation is 1. The van der Waals surface area contributed by atoms with Crippen molar-refractivity contribution in [2.24, 2.45) is 0 Å². The second-order valence-electron chi connectivity index (χ2n) is 8.39. The molecule has 1 saturated carbocycles. The lowest BCUT2D eigenvalue weighted by Gasteiger charge is -2.22. The molecule has 0 bridgehead atoms. The molecule has 33 heavy (non-hydrogen) atoms. The van der Waals surface area contributed by atoms with Crippen LogP contribution in [0.2, 0.25) is 0 Å². The lowest BCUT2D eigenvalue weighted by molar-refractivity contribution is -0.121. The Balaban J connectivity index is 1.43. The summed E-state index contributed by atoms with van der Waals surface area (Å²) in [6, 6.07) is 12.6. The molecule has 1 aliphatic rings. The van der Waals surface area contributed by atoms with Crippen LogP contribution in [0, 0.1) is 0 Å². The fraction of sp³-hybridized carbons (Fsp3) is 0.480. The van der Waals surface area contributed by atoms with E-state index in [2.05, 4.69) is 10.0 Å². The Morgan fingerprint density at radius 1 is 0.909 bits per heavy atom. The summed E-state index contributed by atoms with van der Waals surface area (Å²) in [5, 5.41) is 2.93. The Morgan fingerprint density at radius 3 is 2.24 bits per heavy atom. The van der Waals surface area contributed by atoms with Crippen LogP contribution in [0.15, 0.2) is 47.4 Å². The van der Waals surface area contributed by atoms with E-state index < -0.39 is 10.0 Å². The Morgan fingerprint density at radius 2 is 1.58 bits per heavy atom. The lowest BCUT2D eigenvalue weighted by atomic mass is 9.96. The number of amides is 1. The van der Waals surface area contributed by atoms with Crippen molar-refractivity contribution in [3.05, 3.63) is 53.6 Å². The molecule has 0 aliphatic heterocycles. The molecule has 8 heteroatoms. The molecule has 0 unspecified atom stereocenters. The maximum Gasteiger partial charge on any atom is 0.240 e. The molecule has 180 valence electrons. The van der Waals surface area contributed by atoms with Gasteiger partial charge in [0, 0.05) is 19.0 Å². The molecule has 3 rings (SSSR count). The number of carbonyl (C=O) groups excluding carboxylic acids is 1. The van der Waals surface area contributed by atoms with Crippen LogP contribution < -0.4 is 19.5 Å². The highest BCUT2D eigenvalue weighted by atomic mass is 32.2. The Hall–Kier alpha value is -2.58. The number of sulfonamides is 1. The summed E-state index contributed by atoms with van der Waals surface area (Å²) in [4.78, 5) is 12.5. The first-order valence-electron chi connectivity index (χ1n) is 11.5. The largest absolute Gasteiger partial charge is 0.493 e. The second kappa shape index (κ2) is 12.0. The number of ether oxygens (including phenoxy) is 2. The van der Waals surface area contributed by atoms with Crippen LogP contribution in [-0.4, -0.2) is 41.1 Å². The molecule has 0 atom stereocenters. The van der Waals surface area contributed by atoms with Gasteiger partial charge in [-0.15, -0.1) is 0 Å². The lowest BCUT2D eigenvalue weighted by Crippen LogP contribution is -2.36. The SMILES string of the molecule is COc1ccc(CCNC(=O)CCc2ccc(S(=O)(=O)NC3CCCCC3)cc2)cc1OC. The van der Waals surface area contributed by atoms with E-state index in [1.807, 2.05) is 18.2 Å². The van der Waals surface area contributed by atoms with E-state index in [0.717, 1.165) is 36.8 Å². The van der Waals surface area contributed by atoms with E-state index in [9.17, 15) is 13.2 Å². The molecule has 2 aromatic carbocycles. The standard InChI is InChI=1S/C25H34N2O5S/c1-31-23-14-10-20(18-24(23)32-2)16-17-26-25(28)15-11-19-8-12-22(13-9-19)33(29,30)27-21-6-4-3-5-7-21/h8-10,12-14,18,21,27H,3-7,11,15-17H2,1-2H3,(H,26,28). The molecular formula is C25H34N2O5S. The van der Waals surface area contributed by atoms with Crippen LogP contribution in [0.4, 0.5) is 0 Å². The van der Waals surface area contributed by atoms with Crippen LogP contribution in [0.25, 0.3) is 0 Å². The maximum atomic E-state index is 12.6. The number of hydrogen-bond acceptors (Lipinski definition) is 5. The van der Waals surface area contributed by atoms with Crippen molar-refractivity contribution in [1.82, 2.24) is 10.0 Å². The number of nitrogens with one attached hydrogen (secondary N) is 2. The van der Waals surface area contributed by atoms with Crippen molar-refractivity contribution in [2.45, 2.75) is 62.3 Å². The van der Waals surface area contributed by atoms with Crippen LogP contribution in [-0.2, 0) is 27.7 Å². The van der Waals surface area contributed by atoms with Gasteiger partial charge in [0.25, 0.3) is 0 Å². The molecule has 2 aromatic rings. The highest BCUT2D eigenvalue weighted by Crippen LogP contribution is 2.27. The van der Waals surface area contributed by atoms with Gasteiger partial charge in [-0.25, -0.2) is 13.1 Å². The molecule has 0 heterocycles. The monoisotopic (exact) mass is 474 g/mol. The zero-order valence-electron chi connectivity index (χ0n) is 19.4. The molecule has 7 nitrogen and oxygen atoms in total. The average molecular weight is 475 g/mol. The van der Waals surface area contributed by atoms with Crippen LogP contribution in [0.3, 0.4) is 0 Å². The van der Waals surface area contributed by atoms with Crippen molar-refractivity contribution < 1.29 is 22.7 Å². The van der Waals surface area contributed by atoms with Gasteiger partial charge in [-0.3, -0.25) is 4.79 Å². The summed E-state index contributed by atoms with van der Waals surface area (Å²) >= 11 is 0. The maximum absolute atomic E-state index is 12.6. The number of hydrogen-bond donors (Lipinski definition) is 2. The topological polar surface area (TPSA) is 93.7 Å². The minimum atomic E-state index is -3.50. The van der Waals surface area contributed by atoms with Crippen molar-refractivity contribution in [3.63, 3.8) is 0 Å². The number of rotatable bonds is 11. The summed E-state index contributed by atoms with van der Waals surface area (Å²) in [6.07, 6.45) is 6.71.